The van der Waals surface area contributed by atoms with E-state index in [4.69, 9.17) is 0 Å². The van der Waals surface area contributed by atoms with Crippen molar-refractivity contribution >= 4 is 29.3 Å². The molecular weight excluding hydrogens is 344 g/mol. The van der Waals surface area contributed by atoms with Crippen LogP contribution in [0.1, 0.15) is 32.5 Å². The fourth-order valence-electron chi connectivity index (χ4n) is 2.04. The Morgan fingerprint density at radius 2 is 1.78 bits per heavy atom. The number of ether oxygens (including phenoxy) is 1. The zero-order valence-corrected chi connectivity index (χ0v) is 17.0. The van der Waals surface area contributed by atoms with Gasteiger partial charge in [0.1, 0.15) is 24.2 Å². The number of aromatic nitrogens is 2. The Morgan fingerprint density at radius 3 is 2.30 bits per heavy atom. The molecule has 0 aliphatic heterocycles. The number of hydrogen-bond donors (Lipinski definition) is 2. The lowest BCUT2D eigenvalue weighted by Gasteiger charge is -2.08. The standard InChI is InChI=1S/C12H14N4O.C6H12O.C2H6O/c1-13-8-11-15-10-5-3-2-4-9(10)12(16-11)14-6-7-17;1-6(2)4-3-5-7;1-3-2/h2-5,7,13H,6,8H2,1H3,(H,14,15,16);5-6H,3-4H2,1-2H3;1-2H3. The molecule has 27 heavy (non-hydrogen) atoms. The van der Waals surface area contributed by atoms with E-state index in [2.05, 4.69) is 39.2 Å². The van der Waals surface area contributed by atoms with Crippen molar-refractivity contribution in [2.24, 2.45) is 5.92 Å². The SMILES string of the molecule is CC(C)CCC=O.CNCc1nc(NCC=O)c2ccccc2n1.COC. The van der Waals surface area contributed by atoms with Crippen molar-refractivity contribution in [2.45, 2.75) is 33.2 Å². The third kappa shape index (κ3) is 11.0. The molecular formula is C20H32N4O3. The van der Waals surface area contributed by atoms with Gasteiger partial charge in [0, 0.05) is 26.0 Å². The van der Waals surface area contributed by atoms with Crippen LogP contribution >= 0.6 is 0 Å². The minimum Gasteiger partial charge on any atom is -0.388 e. The molecule has 0 saturated carbocycles. The van der Waals surface area contributed by atoms with Gasteiger partial charge in [-0.2, -0.15) is 0 Å². The molecule has 0 saturated heterocycles. The lowest BCUT2D eigenvalue weighted by molar-refractivity contribution is -0.108. The number of anilines is 1. The molecule has 0 radical (unpaired) electrons. The molecule has 2 aromatic rings. The number of hydrogen-bond acceptors (Lipinski definition) is 7. The summed E-state index contributed by atoms with van der Waals surface area (Å²) in [6.07, 6.45) is 3.54. The Bertz CT molecular complexity index is 663. The fourth-order valence-corrected chi connectivity index (χ4v) is 2.04. The van der Waals surface area contributed by atoms with Crippen LogP contribution in [0.5, 0.6) is 0 Å². The third-order valence-electron chi connectivity index (χ3n) is 3.20. The topological polar surface area (TPSA) is 93.2 Å². The Morgan fingerprint density at radius 1 is 1.11 bits per heavy atom. The summed E-state index contributed by atoms with van der Waals surface area (Å²) in [6.45, 7) is 5.08. The van der Waals surface area contributed by atoms with E-state index >= 15 is 0 Å². The zero-order valence-electron chi connectivity index (χ0n) is 17.0. The van der Waals surface area contributed by atoms with E-state index < -0.39 is 0 Å². The highest BCUT2D eigenvalue weighted by molar-refractivity contribution is 5.89. The van der Waals surface area contributed by atoms with Gasteiger partial charge >= 0.3 is 0 Å². The zero-order chi connectivity index (χ0) is 20.5. The van der Waals surface area contributed by atoms with Crippen LogP contribution in [0.15, 0.2) is 24.3 Å². The van der Waals surface area contributed by atoms with Gasteiger partial charge in [0.15, 0.2) is 0 Å². The van der Waals surface area contributed by atoms with Gasteiger partial charge in [-0.25, -0.2) is 9.97 Å². The first-order chi connectivity index (χ1) is 13.0. The van der Waals surface area contributed by atoms with Gasteiger partial charge in [-0.05, 0) is 31.5 Å². The van der Waals surface area contributed by atoms with Gasteiger partial charge in [0.05, 0.1) is 18.6 Å². The minimum absolute atomic E-state index is 0.250. The number of para-hydroxylation sites is 1. The summed E-state index contributed by atoms with van der Waals surface area (Å²) in [7, 11) is 5.09. The van der Waals surface area contributed by atoms with Gasteiger partial charge in [0.2, 0.25) is 0 Å². The second-order valence-electron chi connectivity index (χ2n) is 6.13. The number of nitrogens with one attached hydrogen (secondary N) is 2. The van der Waals surface area contributed by atoms with Crippen molar-refractivity contribution in [2.75, 3.05) is 33.1 Å². The van der Waals surface area contributed by atoms with E-state index in [1.807, 2.05) is 31.3 Å². The minimum atomic E-state index is 0.250. The number of rotatable bonds is 8. The van der Waals surface area contributed by atoms with E-state index in [0.717, 1.165) is 36.3 Å². The van der Waals surface area contributed by atoms with Crippen LogP contribution in [0.25, 0.3) is 10.9 Å². The van der Waals surface area contributed by atoms with Crippen LogP contribution in [-0.2, 0) is 20.9 Å². The second kappa shape index (κ2) is 15.8. The predicted octanol–water partition coefficient (Wildman–Crippen LogP) is 2.84. The monoisotopic (exact) mass is 376 g/mol. The molecule has 7 heteroatoms. The third-order valence-corrected chi connectivity index (χ3v) is 3.20. The molecule has 0 bridgehead atoms. The number of methoxy groups -OCH3 is 1. The van der Waals surface area contributed by atoms with E-state index in [-0.39, 0.29) is 6.54 Å². The second-order valence-corrected chi connectivity index (χ2v) is 6.13. The molecule has 1 aromatic carbocycles. The Hall–Kier alpha value is -2.38. The van der Waals surface area contributed by atoms with Gasteiger partial charge in [-0.3, -0.25) is 0 Å². The van der Waals surface area contributed by atoms with Crippen molar-refractivity contribution in [1.29, 1.82) is 0 Å². The van der Waals surface area contributed by atoms with E-state index in [9.17, 15) is 9.59 Å². The molecule has 0 unspecified atom stereocenters. The van der Waals surface area contributed by atoms with E-state index in [1.165, 1.54) is 0 Å². The highest BCUT2D eigenvalue weighted by atomic mass is 16.4. The average molecular weight is 377 g/mol. The van der Waals surface area contributed by atoms with Crippen LogP contribution < -0.4 is 10.6 Å². The number of carbonyl (C=O) groups excluding carboxylic acids is 2. The largest absolute Gasteiger partial charge is 0.388 e. The number of carbonyl (C=O) groups is 2. The van der Waals surface area contributed by atoms with Crippen molar-refractivity contribution in [3.63, 3.8) is 0 Å². The maximum atomic E-state index is 10.4. The van der Waals surface area contributed by atoms with Crippen LogP contribution in [-0.4, -0.2) is 50.4 Å². The quantitative estimate of drug-likeness (QED) is 0.684. The summed E-state index contributed by atoms with van der Waals surface area (Å²) in [5, 5.41) is 6.92. The summed E-state index contributed by atoms with van der Waals surface area (Å²) in [5.74, 6) is 2.08. The molecule has 2 N–H and O–H groups in total. The van der Waals surface area contributed by atoms with Crippen LogP contribution in [0.4, 0.5) is 5.82 Å². The van der Waals surface area contributed by atoms with E-state index in [0.29, 0.717) is 24.1 Å². The molecule has 7 nitrogen and oxygen atoms in total. The molecule has 1 aromatic heterocycles. The number of fused-ring (bicyclic) bond motifs is 1. The van der Waals surface area contributed by atoms with Crippen LogP contribution in [0, 0.1) is 5.92 Å². The van der Waals surface area contributed by atoms with Crippen molar-refractivity contribution in [3.05, 3.63) is 30.1 Å². The van der Waals surface area contributed by atoms with Crippen molar-refractivity contribution in [3.8, 4) is 0 Å². The molecule has 0 spiro atoms. The fraction of sp³-hybridized carbons (Fsp3) is 0.500. The smallest absolute Gasteiger partial charge is 0.145 e. The molecule has 0 fully saturated rings. The lowest BCUT2D eigenvalue weighted by atomic mass is 10.1. The van der Waals surface area contributed by atoms with Gasteiger partial charge < -0.3 is 25.0 Å². The van der Waals surface area contributed by atoms with Gasteiger partial charge in [-0.15, -0.1) is 0 Å². The normalized spacial score (nSPS) is 9.70. The highest BCUT2D eigenvalue weighted by Gasteiger charge is 2.06. The van der Waals surface area contributed by atoms with Gasteiger partial charge in [0.25, 0.3) is 0 Å². The first-order valence-corrected chi connectivity index (χ1v) is 8.95. The van der Waals surface area contributed by atoms with Gasteiger partial charge in [-0.1, -0.05) is 26.0 Å². The molecule has 2 rings (SSSR count). The lowest BCUT2D eigenvalue weighted by Crippen LogP contribution is -2.12. The summed E-state index contributed by atoms with van der Waals surface area (Å²) in [6, 6.07) is 7.73. The first kappa shape index (κ1) is 24.6. The summed E-state index contributed by atoms with van der Waals surface area (Å²) >= 11 is 0. The average Bonchev–Trinajstić information content (AvgIpc) is 2.66. The van der Waals surface area contributed by atoms with Crippen molar-refractivity contribution in [1.82, 2.24) is 15.3 Å². The maximum Gasteiger partial charge on any atom is 0.145 e. The first-order valence-electron chi connectivity index (χ1n) is 8.95. The summed E-state index contributed by atoms with van der Waals surface area (Å²) in [5.41, 5.74) is 0.876. The summed E-state index contributed by atoms with van der Waals surface area (Å²) < 4.78 is 4.25. The molecule has 0 atom stereocenters. The molecule has 1 heterocycles. The molecule has 150 valence electrons. The van der Waals surface area contributed by atoms with Crippen molar-refractivity contribution < 1.29 is 14.3 Å². The number of nitrogens with zero attached hydrogens (tertiary/aromatic N) is 2. The van der Waals surface area contributed by atoms with Crippen LogP contribution in [0.2, 0.25) is 0 Å². The molecule has 0 amide bonds. The number of aldehydes is 2. The highest BCUT2D eigenvalue weighted by Crippen LogP contribution is 2.19. The Balaban J connectivity index is 0.000000568. The van der Waals surface area contributed by atoms with Crippen LogP contribution in [0.3, 0.4) is 0 Å². The summed E-state index contributed by atoms with van der Waals surface area (Å²) in [4.78, 5) is 28.9. The molecule has 0 aliphatic carbocycles. The predicted molar refractivity (Wildman–Crippen MR) is 110 cm³/mol. The molecule has 0 aliphatic rings. The Labute approximate surface area is 161 Å². The maximum absolute atomic E-state index is 10.4. The Kier molecular flexibility index (Phi) is 14.4. The van der Waals surface area contributed by atoms with E-state index in [1.54, 1.807) is 14.2 Å². The number of benzene rings is 1.